The number of hydrogen-bond acceptors (Lipinski definition) is 2. The van der Waals surface area contributed by atoms with Crippen LogP contribution in [0, 0.1) is 0 Å². The average molecular weight is 348 g/mol. The minimum atomic E-state index is -0.556. The smallest absolute Gasteiger partial charge is 0.355 e. The van der Waals surface area contributed by atoms with Gasteiger partial charge in [-0.25, -0.2) is 4.79 Å². The van der Waals surface area contributed by atoms with Crippen LogP contribution in [-0.2, 0) is 4.74 Å². The lowest BCUT2D eigenvalue weighted by Crippen LogP contribution is -2.09. The Hall–Kier alpha value is -1.97. The second-order valence-electron chi connectivity index (χ2n) is 5.06. The van der Waals surface area contributed by atoms with Gasteiger partial charge < -0.3 is 9.72 Å². The van der Waals surface area contributed by atoms with Gasteiger partial charge in [0.1, 0.15) is 5.69 Å². The molecule has 3 aromatic rings. The standard InChI is InChI=1S/C18H15Cl2NO2/c1-2-23-18(22)17-15(12-8-4-6-10-14(12)21-17)16(20)11-7-3-5-9-13(11)19/h3-10,16,21H,2H2,1H3/t16-/m0/s1. The first-order valence-corrected chi connectivity index (χ1v) is 8.11. The summed E-state index contributed by atoms with van der Waals surface area (Å²) in [5, 5.41) is 0.891. The fourth-order valence-corrected chi connectivity index (χ4v) is 3.34. The number of carbonyl (C=O) groups is 1. The van der Waals surface area contributed by atoms with Gasteiger partial charge in [0.2, 0.25) is 0 Å². The molecule has 0 unspecified atom stereocenters. The fraction of sp³-hybridized carbons (Fsp3) is 0.167. The molecule has 0 bridgehead atoms. The highest BCUT2D eigenvalue weighted by molar-refractivity contribution is 6.33. The van der Waals surface area contributed by atoms with Crippen LogP contribution in [0.15, 0.2) is 48.5 Å². The summed E-state index contributed by atoms with van der Waals surface area (Å²) in [4.78, 5) is 15.4. The molecule has 0 spiro atoms. The molecule has 118 valence electrons. The van der Waals surface area contributed by atoms with Crippen molar-refractivity contribution < 1.29 is 9.53 Å². The average Bonchev–Trinajstić information content (AvgIpc) is 2.94. The Balaban J connectivity index is 2.20. The van der Waals surface area contributed by atoms with Crippen molar-refractivity contribution in [2.75, 3.05) is 6.61 Å². The summed E-state index contributed by atoms with van der Waals surface area (Å²) in [5.41, 5.74) is 2.65. The number of ether oxygens (including phenoxy) is 1. The molecular formula is C18H15Cl2NO2. The summed E-state index contributed by atoms with van der Waals surface area (Å²) in [7, 11) is 0. The van der Waals surface area contributed by atoms with Crippen molar-refractivity contribution in [2.24, 2.45) is 0 Å². The van der Waals surface area contributed by atoms with Gasteiger partial charge in [-0.3, -0.25) is 0 Å². The van der Waals surface area contributed by atoms with Crippen LogP contribution >= 0.6 is 23.2 Å². The zero-order chi connectivity index (χ0) is 16.4. The Morgan fingerprint density at radius 2 is 1.87 bits per heavy atom. The van der Waals surface area contributed by atoms with E-state index in [4.69, 9.17) is 27.9 Å². The van der Waals surface area contributed by atoms with E-state index in [1.807, 2.05) is 42.5 Å². The molecule has 1 atom stereocenters. The van der Waals surface area contributed by atoms with E-state index in [0.29, 0.717) is 22.9 Å². The lowest BCUT2D eigenvalue weighted by molar-refractivity contribution is 0.0519. The third-order valence-electron chi connectivity index (χ3n) is 3.66. The van der Waals surface area contributed by atoms with Gasteiger partial charge in [0, 0.05) is 21.5 Å². The van der Waals surface area contributed by atoms with E-state index in [1.165, 1.54) is 0 Å². The van der Waals surface area contributed by atoms with E-state index in [1.54, 1.807) is 13.0 Å². The predicted molar refractivity (Wildman–Crippen MR) is 93.4 cm³/mol. The largest absolute Gasteiger partial charge is 0.461 e. The SMILES string of the molecule is CCOC(=O)c1[nH]c2ccccc2c1[C@@H](Cl)c1ccccc1Cl. The number of H-pyrrole nitrogens is 1. The molecule has 3 nitrogen and oxygen atoms in total. The summed E-state index contributed by atoms with van der Waals surface area (Å²) in [6, 6.07) is 15.0. The summed E-state index contributed by atoms with van der Waals surface area (Å²) in [6.07, 6.45) is 0. The Morgan fingerprint density at radius 3 is 2.61 bits per heavy atom. The third-order valence-corrected chi connectivity index (χ3v) is 4.46. The number of hydrogen-bond donors (Lipinski definition) is 1. The molecule has 3 rings (SSSR count). The van der Waals surface area contributed by atoms with Crippen molar-refractivity contribution in [1.82, 2.24) is 4.98 Å². The molecular weight excluding hydrogens is 333 g/mol. The van der Waals surface area contributed by atoms with Gasteiger partial charge in [-0.2, -0.15) is 0 Å². The first-order chi connectivity index (χ1) is 11.1. The summed E-state index contributed by atoms with van der Waals surface area (Å²) >= 11 is 13.0. The van der Waals surface area contributed by atoms with Crippen LogP contribution in [0.4, 0.5) is 0 Å². The normalized spacial score (nSPS) is 12.3. The van der Waals surface area contributed by atoms with Crippen molar-refractivity contribution in [3.8, 4) is 0 Å². The van der Waals surface area contributed by atoms with Crippen LogP contribution in [0.1, 0.15) is 33.9 Å². The Morgan fingerprint density at radius 1 is 1.17 bits per heavy atom. The number of para-hydroxylation sites is 1. The van der Waals surface area contributed by atoms with Crippen LogP contribution < -0.4 is 0 Å². The number of benzene rings is 2. The highest BCUT2D eigenvalue weighted by Crippen LogP contribution is 2.39. The van der Waals surface area contributed by atoms with Crippen LogP contribution in [0.3, 0.4) is 0 Å². The van der Waals surface area contributed by atoms with Gasteiger partial charge >= 0.3 is 5.97 Å². The fourth-order valence-electron chi connectivity index (χ4n) is 2.63. The van der Waals surface area contributed by atoms with Crippen LogP contribution in [-0.4, -0.2) is 17.6 Å². The van der Waals surface area contributed by atoms with Gasteiger partial charge in [0.05, 0.1) is 12.0 Å². The highest BCUT2D eigenvalue weighted by Gasteiger charge is 2.26. The van der Waals surface area contributed by atoms with Gasteiger partial charge in [-0.1, -0.05) is 48.0 Å². The van der Waals surface area contributed by atoms with Crippen LogP contribution in [0.2, 0.25) is 5.02 Å². The molecule has 1 aromatic heterocycles. The van der Waals surface area contributed by atoms with Gasteiger partial charge in [0.25, 0.3) is 0 Å². The Labute approximate surface area is 144 Å². The summed E-state index contributed by atoms with van der Waals surface area (Å²) in [6.45, 7) is 2.07. The number of aromatic amines is 1. The number of halogens is 2. The topological polar surface area (TPSA) is 42.1 Å². The van der Waals surface area contributed by atoms with Gasteiger partial charge in [-0.15, -0.1) is 11.6 Å². The zero-order valence-corrected chi connectivity index (χ0v) is 14.0. The molecule has 0 saturated heterocycles. The second-order valence-corrected chi connectivity index (χ2v) is 5.91. The quantitative estimate of drug-likeness (QED) is 0.512. The van der Waals surface area contributed by atoms with E-state index in [0.717, 1.165) is 16.5 Å². The molecule has 2 aromatic carbocycles. The number of alkyl halides is 1. The molecule has 0 aliphatic heterocycles. The Kier molecular flexibility index (Phi) is 4.60. The van der Waals surface area contributed by atoms with Crippen LogP contribution in [0.5, 0.6) is 0 Å². The number of rotatable bonds is 4. The van der Waals surface area contributed by atoms with E-state index >= 15 is 0 Å². The number of nitrogens with one attached hydrogen (secondary N) is 1. The molecule has 0 amide bonds. The highest BCUT2D eigenvalue weighted by atomic mass is 35.5. The number of aromatic nitrogens is 1. The van der Waals surface area contributed by atoms with E-state index < -0.39 is 11.3 Å². The first-order valence-electron chi connectivity index (χ1n) is 7.29. The molecule has 5 heteroatoms. The number of fused-ring (bicyclic) bond motifs is 1. The lowest BCUT2D eigenvalue weighted by atomic mass is 10.0. The molecule has 0 aliphatic rings. The molecule has 23 heavy (non-hydrogen) atoms. The van der Waals surface area contributed by atoms with Crippen molar-refractivity contribution in [3.05, 3.63) is 70.4 Å². The third kappa shape index (κ3) is 2.94. The summed E-state index contributed by atoms with van der Waals surface area (Å²) < 4.78 is 5.15. The van der Waals surface area contributed by atoms with Crippen LogP contribution in [0.25, 0.3) is 10.9 Å². The minimum absolute atomic E-state index is 0.298. The minimum Gasteiger partial charge on any atom is -0.461 e. The van der Waals surface area contributed by atoms with E-state index in [-0.39, 0.29) is 0 Å². The molecule has 0 fully saturated rings. The van der Waals surface area contributed by atoms with Gasteiger partial charge in [-0.05, 0) is 24.6 Å². The molecule has 1 heterocycles. The predicted octanol–water partition coefficient (Wildman–Crippen LogP) is 5.33. The van der Waals surface area contributed by atoms with Gasteiger partial charge in [0.15, 0.2) is 0 Å². The van der Waals surface area contributed by atoms with Crippen molar-refractivity contribution >= 4 is 40.1 Å². The van der Waals surface area contributed by atoms with Crippen molar-refractivity contribution in [2.45, 2.75) is 12.3 Å². The van der Waals surface area contributed by atoms with Crippen molar-refractivity contribution in [1.29, 1.82) is 0 Å². The van der Waals surface area contributed by atoms with E-state index in [2.05, 4.69) is 4.98 Å². The molecule has 0 aliphatic carbocycles. The molecule has 1 N–H and O–H groups in total. The van der Waals surface area contributed by atoms with Crippen molar-refractivity contribution in [3.63, 3.8) is 0 Å². The molecule has 0 radical (unpaired) electrons. The number of esters is 1. The maximum absolute atomic E-state index is 12.3. The molecule has 0 saturated carbocycles. The first kappa shape index (κ1) is 15.9. The Bertz CT molecular complexity index is 857. The maximum Gasteiger partial charge on any atom is 0.355 e. The van der Waals surface area contributed by atoms with E-state index in [9.17, 15) is 4.79 Å². The zero-order valence-electron chi connectivity index (χ0n) is 12.5. The lowest BCUT2D eigenvalue weighted by Gasteiger charge is -2.13. The number of carbonyl (C=O) groups excluding carboxylic acids is 1. The monoisotopic (exact) mass is 347 g/mol. The second kappa shape index (κ2) is 6.65. The summed E-state index contributed by atoms with van der Waals surface area (Å²) in [5.74, 6) is -0.420. The maximum atomic E-state index is 12.3.